The maximum Gasteiger partial charge on any atom is 0.254 e. The summed E-state index contributed by atoms with van der Waals surface area (Å²) in [5, 5.41) is 2.75. The molecule has 0 aromatic heterocycles. The lowest BCUT2D eigenvalue weighted by atomic mass is 10.1. The van der Waals surface area contributed by atoms with E-state index in [4.69, 9.17) is 4.74 Å². The molecule has 1 fully saturated rings. The highest BCUT2D eigenvalue weighted by atomic mass is 32.2. The molecule has 146 valence electrons. The summed E-state index contributed by atoms with van der Waals surface area (Å²) in [6, 6.07) is 3.24. The minimum atomic E-state index is -3.77. The van der Waals surface area contributed by atoms with Crippen LogP contribution in [0.2, 0.25) is 0 Å². The van der Waals surface area contributed by atoms with E-state index in [1.807, 2.05) is 6.92 Å². The standard InChI is InChI=1S/C18H27FN2O4S/c1-3-4-5-6-14(2)20-18(22)16-13-15(7-8-17(16)19)26(23,24)21-9-11-25-12-10-21/h7-8,13-14H,3-6,9-12H2,1-2H3,(H,20,22). The summed E-state index contributed by atoms with van der Waals surface area (Å²) in [4.78, 5) is 12.3. The van der Waals surface area contributed by atoms with Gasteiger partial charge in [-0.15, -0.1) is 0 Å². The highest BCUT2D eigenvalue weighted by Gasteiger charge is 2.28. The van der Waals surface area contributed by atoms with Gasteiger partial charge in [-0.05, 0) is 31.5 Å². The van der Waals surface area contributed by atoms with Crippen molar-refractivity contribution in [1.82, 2.24) is 9.62 Å². The van der Waals surface area contributed by atoms with E-state index >= 15 is 0 Å². The normalized spacial score (nSPS) is 17.0. The van der Waals surface area contributed by atoms with E-state index < -0.39 is 21.7 Å². The van der Waals surface area contributed by atoms with E-state index in [-0.39, 0.29) is 29.6 Å². The third kappa shape index (κ3) is 5.25. The average Bonchev–Trinajstić information content (AvgIpc) is 2.62. The first kappa shape index (κ1) is 20.8. The van der Waals surface area contributed by atoms with Gasteiger partial charge in [0.2, 0.25) is 10.0 Å². The Bertz CT molecular complexity index is 718. The molecule has 2 rings (SSSR count). The summed E-state index contributed by atoms with van der Waals surface area (Å²) in [6.45, 7) is 5.09. The van der Waals surface area contributed by atoms with Crippen LogP contribution in [0.5, 0.6) is 0 Å². The first-order valence-electron chi connectivity index (χ1n) is 9.04. The molecule has 1 heterocycles. The van der Waals surface area contributed by atoms with Crippen LogP contribution < -0.4 is 5.32 Å². The van der Waals surface area contributed by atoms with Crippen molar-refractivity contribution in [3.05, 3.63) is 29.6 Å². The number of nitrogens with zero attached hydrogens (tertiary/aromatic N) is 1. The van der Waals surface area contributed by atoms with Crippen molar-refractivity contribution >= 4 is 15.9 Å². The minimum Gasteiger partial charge on any atom is -0.379 e. The number of rotatable bonds is 8. The van der Waals surface area contributed by atoms with Crippen molar-refractivity contribution in [2.24, 2.45) is 0 Å². The number of hydrogen-bond donors (Lipinski definition) is 1. The van der Waals surface area contributed by atoms with Crippen molar-refractivity contribution in [2.75, 3.05) is 26.3 Å². The van der Waals surface area contributed by atoms with Crippen molar-refractivity contribution in [3.8, 4) is 0 Å². The molecule has 1 saturated heterocycles. The largest absolute Gasteiger partial charge is 0.379 e. The molecule has 1 aromatic rings. The zero-order chi connectivity index (χ0) is 19.2. The van der Waals surface area contributed by atoms with Gasteiger partial charge in [0, 0.05) is 19.1 Å². The molecule has 0 saturated carbocycles. The molecule has 0 bridgehead atoms. The Balaban J connectivity index is 2.14. The van der Waals surface area contributed by atoms with E-state index in [0.717, 1.165) is 37.8 Å². The number of carbonyl (C=O) groups is 1. The molecule has 1 N–H and O–H groups in total. The molecule has 1 atom stereocenters. The van der Waals surface area contributed by atoms with Crippen LogP contribution in [-0.4, -0.2) is 51.0 Å². The topological polar surface area (TPSA) is 75.7 Å². The summed E-state index contributed by atoms with van der Waals surface area (Å²) in [5.41, 5.74) is -0.248. The van der Waals surface area contributed by atoms with E-state index in [1.54, 1.807) is 0 Å². The smallest absolute Gasteiger partial charge is 0.254 e. The molecule has 0 radical (unpaired) electrons. The Morgan fingerprint density at radius 1 is 1.31 bits per heavy atom. The number of amides is 1. The fraction of sp³-hybridized carbons (Fsp3) is 0.611. The van der Waals surface area contributed by atoms with Gasteiger partial charge >= 0.3 is 0 Å². The van der Waals surface area contributed by atoms with Crippen LogP contribution in [0, 0.1) is 5.82 Å². The van der Waals surface area contributed by atoms with E-state index in [1.165, 1.54) is 10.4 Å². The number of hydrogen-bond acceptors (Lipinski definition) is 4. The summed E-state index contributed by atoms with van der Waals surface area (Å²) in [7, 11) is -3.77. The van der Waals surface area contributed by atoms with Gasteiger partial charge in [0.15, 0.2) is 0 Å². The van der Waals surface area contributed by atoms with Gasteiger partial charge in [0.25, 0.3) is 5.91 Å². The molecule has 0 aliphatic carbocycles. The molecule has 1 aliphatic rings. The van der Waals surface area contributed by atoms with Crippen LogP contribution in [0.4, 0.5) is 4.39 Å². The Hall–Kier alpha value is -1.51. The number of morpholine rings is 1. The fourth-order valence-electron chi connectivity index (χ4n) is 2.85. The van der Waals surface area contributed by atoms with E-state index in [2.05, 4.69) is 12.2 Å². The zero-order valence-electron chi connectivity index (χ0n) is 15.3. The lowest BCUT2D eigenvalue weighted by Crippen LogP contribution is -2.40. The van der Waals surface area contributed by atoms with Gasteiger partial charge < -0.3 is 10.1 Å². The summed E-state index contributed by atoms with van der Waals surface area (Å²) in [6.07, 6.45) is 3.93. The predicted molar refractivity (Wildman–Crippen MR) is 97.0 cm³/mol. The Labute approximate surface area is 154 Å². The second kappa shape index (κ2) is 9.43. The van der Waals surface area contributed by atoms with Crippen molar-refractivity contribution in [1.29, 1.82) is 0 Å². The SMILES string of the molecule is CCCCCC(C)NC(=O)c1cc(S(=O)(=O)N2CCOCC2)ccc1F. The van der Waals surface area contributed by atoms with Crippen molar-refractivity contribution in [3.63, 3.8) is 0 Å². The number of unbranched alkanes of at least 4 members (excludes halogenated alkanes) is 2. The predicted octanol–water partition coefficient (Wildman–Crippen LogP) is 2.55. The number of carbonyl (C=O) groups excluding carboxylic acids is 1. The Morgan fingerprint density at radius 3 is 2.65 bits per heavy atom. The van der Waals surface area contributed by atoms with Gasteiger partial charge in [-0.3, -0.25) is 4.79 Å². The molecule has 1 amide bonds. The summed E-state index contributed by atoms with van der Waals surface area (Å²) in [5.74, 6) is -1.32. The van der Waals surface area contributed by atoms with Crippen LogP contribution in [-0.2, 0) is 14.8 Å². The van der Waals surface area contributed by atoms with Crippen LogP contribution in [0.3, 0.4) is 0 Å². The zero-order valence-corrected chi connectivity index (χ0v) is 16.1. The molecule has 1 unspecified atom stereocenters. The number of benzene rings is 1. The maximum atomic E-state index is 14.1. The first-order chi connectivity index (χ1) is 12.4. The van der Waals surface area contributed by atoms with Crippen molar-refractivity contribution in [2.45, 2.75) is 50.5 Å². The highest BCUT2D eigenvalue weighted by molar-refractivity contribution is 7.89. The van der Waals surface area contributed by atoms with Crippen LogP contribution >= 0.6 is 0 Å². The van der Waals surface area contributed by atoms with Gasteiger partial charge in [0.1, 0.15) is 5.82 Å². The molecular formula is C18H27FN2O4S. The number of halogens is 1. The molecular weight excluding hydrogens is 359 g/mol. The number of sulfonamides is 1. The maximum absolute atomic E-state index is 14.1. The molecule has 1 aromatic carbocycles. The van der Waals surface area contributed by atoms with Crippen LogP contribution in [0.1, 0.15) is 49.9 Å². The third-order valence-corrected chi connectivity index (χ3v) is 6.30. The quantitative estimate of drug-likeness (QED) is 0.697. The summed E-state index contributed by atoms with van der Waals surface area (Å²) >= 11 is 0. The number of ether oxygens (including phenoxy) is 1. The van der Waals surface area contributed by atoms with Crippen LogP contribution in [0.15, 0.2) is 23.1 Å². The van der Waals surface area contributed by atoms with Crippen molar-refractivity contribution < 1.29 is 22.3 Å². The third-order valence-electron chi connectivity index (χ3n) is 4.41. The Morgan fingerprint density at radius 2 is 2.00 bits per heavy atom. The molecule has 1 aliphatic heterocycles. The van der Waals surface area contributed by atoms with Gasteiger partial charge in [-0.1, -0.05) is 26.2 Å². The molecule has 8 heteroatoms. The van der Waals surface area contributed by atoms with Gasteiger partial charge in [-0.2, -0.15) is 4.31 Å². The van der Waals surface area contributed by atoms with Gasteiger partial charge in [0.05, 0.1) is 23.7 Å². The number of nitrogens with one attached hydrogen (secondary N) is 1. The monoisotopic (exact) mass is 386 g/mol. The van der Waals surface area contributed by atoms with Gasteiger partial charge in [-0.25, -0.2) is 12.8 Å². The average molecular weight is 386 g/mol. The lowest BCUT2D eigenvalue weighted by molar-refractivity contribution is 0.0730. The summed E-state index contributed by atoms with van der Waals surface area (Å²) < 4.78 is 45.9. The Kier molecular flexibility index (Phi) is 7.55. The van der Waals surface area contributed by atoms with E-state index in [9.17, 15) is 17.6 Å². The molecule has 26 heavy (non-hydrogen) atoms. The second-order valence-electron chi connectivity index (χ2n) is 6.53. The lowest BCUT2D eigenvalue weighted by Gasteiger charge is -2.26. The molecule has 6 nitrogen and oxygen atoms in total. The van der Waals surface area contributed by atoms with Crippen LogP contribution in [0.25, 0.3) is 0 Å². The first-order valence-corrected chi connectivity index (χ1v) is 10.5. The second-order valence-corrected chi connectivity index (χ2v) is 8.47. The minimum absolute atomic E-state index is 0.0791. The molecule has 0 spiro atoms. The highest BCUT2D eigenvalue weighted by Crippen LogP contribution is 2.20. The fourth-order valence-corrected chi connectivity index (χ4v) is 4.28. The van der Waals surface area contributed by atoms with E-state index in [0.29, 0.717) is 13.2 Å².